The van der Waals surface area contributed by atoms with Gasteiger partial charge in [-0.2, -0.15) is 5.26 Å². The topological polar surface area (TPSA) is 58.8 Å². The molecule has 1 aromatic carbocycles. The molecule has 0 aliphatic heterocycles. The number of methoxy groups -OCH3 is 1. The summed E-state index contributed by atoms with van der Waals surface area (Å²) in [5.74, 6) is 1.41. The van der Waals surface area contributed by atoms with Crippen LogP contribution in [0.1, 0.15) is 24.2 Å². The van der Waals surface area contributed by atoms with Gasteiger partial charge in [0.15, 0.2) is 0 Å². The minimum Gasteiger partial charge on any atom is -0.496 e. The van der Waals surface area contributed by atoms with Crippen LogP contribution >= 0.6 is 0 Å². The number of ether oxygens (including phenoxy) is 1. The second-order valence-corrected chi connectivity index (χ2v) is 5.16. The second-order valence-electron chi connectivity index (χ2n) is 5.16. The number of nitrogens with zero attached hydrogens (tertiary/aromatic N) is 3. The summed E-state index contributed by atoms with van der Waals surface area (Å²) in [6.45, 7) is 2.03. The molecular formula is C16H15N3O. The number of nitriles is 1. The first-order chi connectivity index (χ1) is 9.68. The monoisotopic (exact) mass is 265 g/mol. The van der Waals surface area contributed by atoms with Crippen LogP contribution in [-0.2, 0) is 5.41 Å². The van der Waals surface area contributed by atoms with Gasteiger partial charge in [-0.1, -0.05) is 11.6 Å². The first-order valence-electron chi connectivity index (χ1n) is 6.58. The van der Waals surface area contributed by atoms with Crippen LogP contribution in [0.3, 0.4) is 0 Å². The molecular weight excluding hydrogens is 250 g/mol. The molecule has 1 fully saturated rings. The number of hydrogen-bond donors (Lipinski definition) is 0. The third-order valence-electron chi connectivity index (χ3n) is 3.68. The van der Waals surface area contributed by atoms with Gasteiger partial charge in [0, 0.05) is 11.8 Å². The van der Waals surface area contributed by atoms with E-state index in [0.717, 1.165) is 35.4 Å². The molecule has 0 atom stereocenters. The van der Waals surface area contributed by atoms with Crippen LogP contribution in [0.5, 0.6) is 5.75 Å². The van der Waals surface area contributed by atoms with Crippen molar-refractivity contribution in [1.82, 2.24) is 9.97 Å². The minimum absolute atomic E-state index is 0.465. The fourth-order valence-electron chi connectivity index (χ4n) is 2.27. The molecule has 0 bridgehead atoms. The molecule has 0 radical (unpaired) electrons. The van der Waals surface area contributed by atoms with Gasteiger partial charge in [0.05, 0.1) is 18.9 Å². The van der Waals surface area contributed by atoms with Crippen molar-refractivity contribution >= 4 is 0 Å². The predicted molar refractivity (Wildman–Crippen MR) is 75.3 cm³/mol. The number of hydrogen-bond acceptors (Lipinski definition) is 4. The summed E-state index contributed by atoms with van der Waals surface area (Å²) in [7, 11) is 1.65. The number of aromatic nitrogens is 2. The molecule has 20 heavy (non-hydrogen) atoms. The quantitative estimate of drug-likeness (QED) is 0.856. The molecule has 0 spiro atoms. The lowest BCUT2D eigenvalue weighted by Crippen LogP contribution is -2.09. The van der Waals surface area contributed by atoms with Gasteiger partial charge in [0.25, 0.3) is 0 Å². The summed E-state index contributed by atoms with van der Waals surface area (Å²) in [6.07, 6.45) is 3.41. The van der Waals surface area contributed by atoms with E-state index < -0.39 is 5.41 Å². The van der Waals surface area contributed by atoms with Crippen molar-refractivity contribution < 1.29 is 4.74 Å². The van der Waals surface area contributed by atoms with Crippen LogP contribution in [0.2, 0.25) is 0 Å². The molecule has 0 saturated heterocycles. The van der Waals surface area contributed by atoms with Crippen molar-refractivity contribution in [2.24, 2.45) is 0 Å². The normalized spacial score (nSPS) is 15.4. The summed E-state index contributed by atoms with van der Waals surface area (Å²) < 4.78 is 5.40. The summed E-state index contributed by atoms with van der Waals surface area (Å²) in [5, 5.41) is 9.26. The average Bonchev–Trinajstić information content (AvgIpc) is 3.28. The van der Waals surface area contributed by atoms with Gasteiger partial charge in [0.1, 0.15) is 17.0 Å². The average molecular weight is 265 g/mol. The lowest BCUT2D eigenvalue weighted by molar-refractivity contribution is 0.416. The summed E-state index contributed by atoms with van der Waals surface area (Å²) in [4.78, 5) is 8.86. The molecule has 1 aliphatic carbocycles. The third-order valence-corrected chi connectivity index (χ3v) is 3.68. The van der Waals surface area contributed by atoms with E-state index in [1.165, 1.54) is 0 Å². The molecule has 1 heterocycles. The van der Waals surface area contributed by atoms with Crippen molar-refractivity contribution in [3.8, 4) is 23.1 Å². The van der Waals surface area contributed by atoms with E-state index >= 15 is 0 Å². The number of benzene rings is 1. The summed E-state index contributed by atoms with van der Waals surface area (Å²) >= 11 is 0. The Labute approximate surface area is 118 Å². The maximum absolute atomic E-state index is 9.26. The number of rotatable bonds is 3. The molecule has 0 amide bonds. The Balaban J connectivity index is 2.10. The van der Waals surface area contributed by atoms with Gasteiger partial charge in [0.2, 0.25) is 0 Å². The molecule has 100 valence electrons. The Kier molecular flexibility index (Phi) is 2.90. The smallest absolute Gasteiger partial charge is 0.149 e. The fraction of sp³-hybridized carbons (Fsp3) is 0.312. The van der Waals surface area contributed by atoms with Crippen LogP contribution in [0.25, 0.3) is 11.3 Å². The van der Waals surface area contributed by atoms with Crippen molar-refractivity contribution in [2.75, 3.05) is 7.11 Å². The highest BCUT2D eigenvalue weighted by Crippen LogP contribution is 2.46. The minimum atomic E-state index is -0.465. The van der Waals surface area contributed by atoms with Crippen molar-refractivity contribution in [3.63, 3.8) is 0 Å². The summed E-state index contributed by atoms with van der Waals surface area (Å²) in [6, 6.07) is 10.2. The lowest BCUT2D eigenvalue weighted by atomic mass is 10.1. The molecule has 2 aromatic rings. The van der Waals surface area contributed by atoms with E-state index in [4.69, 9.17) is 4.74 Å². The van der Waals surface area contributed by atoms with E-state index in [1.807, 2.05) is 31.2 Å². The van der Waals surface area contributed by atoms with E-state index in [0.29, 0.717) is 5.82 Å². The molecule has 3 rings (SSSR count). The van der Waals surface area contributed by atoms with E-state index in [2.05, 4.69) is 16.0 Å². The fourth-order valence-corrected chi connectivity index (χ4v) is 2.27. The molecule has 0 N–H and O–H groups in total. The van der Waals surface area contributed by atoms with E-state index in [9.17, 15) is 5.26 Å². The summed E-state index contributed by atoms with van der Waals surface area (Å²) in [5.41, 5.74) is 2.41. The van der Waals surface area contributed by atoms with Crippen LogP contribution < -0.4 is 4.74 Å². The van der Waals surface area contributed by atoms with Gasteiger partial charge >= 0.3 is 0 Å². The maximum atomic E-state index is 9.26. The van der Waals surface area contributed by atoms with Crippen LogP contribution in [0.4, 0.5) is 0 Å². The Bertz CT molecular complexity index is 699. The Morgan fingerprint density at radius 2 is 2.10 bits per heavy atom. The molecule has 1 aromatic heterocycles. The lowest BCUT2D eigenvalue weighted by Gasteiger charge is -2.11. The molecule has 0 unspecified atom stereocenters. The standard InChI is InChI=1S/C16H15N3O/c1-11-3-4-14(20-2)12(9-11)13-5-8-18-15(19-13)16(10-17)6-7-16/h3-5,8-9H,6-7H2,1-2H3. The Morgan fingerprint density at radius 3 is 2.75 bits per heavy atom. The van der Waals surface area contributed by atoms with Gasteiger partial charge in [-0.15, -0.1) is 0 Å². The van der Waals surface area contributed by atoms with Crippen LogP contribution in [0, 0.1) is 18.3 Å². The third kappa shape index (κ3) is 2.01. The SMILES string of the molecule is COc1ccc(C)cc1-c1ccnc(C2(C#N)CC2)n1. The maximum Gasteiger partial charge on any atom is 0.149 e. The van der Waals surface area contributed by atoms with Crippen LogP contribution in [-0.4, -0.2) is 17.1 Å². The van der Waals surface area contributed by atoms with E-state index in [-0.39, 0.29) is 0 Å². The molecule has 1 aliphatic rings. The molecule has 4 nitrogen and oxygen atoms in total. The predicted octanol–water partition coefficient (Wildman–Crippen LogP) is 3.02. The second kappa shape index (κ2) is 4.61. The van der Waals surface area contributed by atoms with E-state index in [1.54, 1.807) is 13.3 Å². The Morgan fingerprint density at radius 1 is 1.30 bits per heavy atom. The molecule has 1 saturated carbocycles. The van der Waals surface area contributed by atoms with Crippen molar-refractivity contribution in [3.05, 3.63) is 41.9 Å². The zero-order valence-electron chi connectivity index (χ0n) is 11.6. The van der Waals surface area contributed by atoms with Gasteiger partial charge < -0.3 is 4.74 Å². The first-order valence-corrected chi connectivity index (χ1v) is 6.58. The van der Waals surface area contributed by atoms with Gasteiger partial charge in [-0.3, -0.25) is 0 Å². The highest BCUT2D eigenvalue weighted by Gasteiger charge is 2.48. The zero-order chi connectivity index (χ0) is 14.2. The first kappa shape index (κ1) is 12.6. The van der Waals surface area contributed by atoms with Gasteiger partial charge in [-0.05, 0) is 38.0 Å². The largest absolute Gasteiger partial charge is 0.496 e. The van der Waals surface area contributed by atoms with Crippen LogP contribution in [0.15, 0.2) is 30.5 Å². The highest BCUT2D eigenvalue weighted by atomic mass is 16.5. The highest BCUT2D eigenvalue weighted by molar-refractivity contribution is 5.68. The number of aryl methyl sites for hydroxylation is 1. The zero-order valence-corrected chi connectivity index (χ0v) is 11.6. The molecule has 4 heteroatoms. The van der Waals surface area contributed by atoms with Crippen molar-refractivity contribution in [1.29, 1.82) is 5.26 Å². The Hall–Kier alpha value is -2.41. The van der Waals surface area contributed by atoms with Gasteiger partial charge in [-0.25, -0.2) is 9.97 Å². The van der Waals surface area contributed by atoms with Crippen molar-refractivity contribution in [2.45, 2.75) is 25.2 Å².